The molecule has 2 rings (SSSR count). The van der Waals surface area contributed by atoms with Gasteiger partial charge in [-0.25, -0.2) is 0 Å². The third-order valence-electron chi connectivity index (χ3n) is 3.95. The Hall–Kier alpha value is -2.08. The predicted molar refractivity (Wildman–Crippen MR) is 82.4 cm³/mol. The molecule has 0 aromatic heterocycles. The van der Waals surface area contributed by atoms with Crippen LogP contribution in [-0.4, -0.2) is 35.8 Å². The first kappa shape index (κ1) is 15.3. The van der Waals surface area contributed by atoms with Crippen molar-refractivity contribution in [2.24, 2.45) is 11.7 Å². The topological polar surface area (TPSA) is 101 Å². The third kappa shape index (κ3) is 4.19. The zero-order chi connectivity index (χ0) is 15.4. The van der Waals surface area contributed by atoms with Crippen LogP contribution in [0.2, 0.25) is 0 Å². The Labute approximate surface area is 124 Å². The lowest BCUT2D eigenvalue weighted by atomic mass is 9.93. The molecule has 6 nitrogen and oxygen atoms in total. The number of nitrogen functional groups attached to an aromatic ring is 1. The molecule has 0 spiro atoms. The van der Waals surface area contributed by atoms with Crippen molar-refractivity contribution in [3.05, 3.63) is 24.3 Å². The average molecular weight is 290 g/mol. The summed E-state index contributed by atoms with van der Waals surface area (Å²) < 4.78 is 0. The van der Waals surface area contributed by atoms with Gasteiger partial charge in [0.15, 0.2) is 0 Å². The second-order valence-corrected chi connectivity index (χ2v) is 5.63. The maximum absolute atomic E-state index is 12.1. The number of anilines is 2. The molecule has 0 bridgehead atoms. The summed E-state index contributed by atoms with van der Waals surface area (Å²) in [7, 11) is 0. The van der Waals surface area contributed by atoms with Crippen LogP contribution in [0.4, 0.5) is 11.4 Å². The summed E-state index contributed by atoms with van der Waals surface area (Å²) in [6, 6.07) is 7.28. The van der Waals surface area contributed by atoms with Gasteiger partial charge in [-0.05, 0) is 44.0 Å². The lowest BCUT2D eigenvalue weighted by molar-refractivity contribution is -0.126. The van der Waals surface area contributed by atoms with Gasteiger partial charge in [0, 0.05) is 24.0 Å². The molecule has 114 valence electrons. The summed E-state index contributed by atoms with van der Waals surface area (Å²) in [4.78, 5) is 25.4. The maximum atomic E-state index is 12.1. The Bertz CT molecular complexity index is 515. The average Bonchev–Trinajstić information content (AvgIpc) is 2.43. The lowest BCUT2D eigenvalue weighted by Gasteiger charge is -2.36. The van der Waals surface area contributed by atoms with Gasteiger partial charge < -0.3 is 16.8 Å². The van der Waals surface area contributed by atoms with Gasteiger partial charge in [-0.15, -0.1) is 0 Å². The summed E-state index contributed by atoms with van der Waals surface area (Å²) in [5.74, 6) is -0.548. The highest BCUT2D eigenvalue weighted by atomic mass is 16.2. The minimum absolute atomic E-state index is 0.100. The molecule has 6 heteroatoms. The number of piperidine rings is 1. The summed E-state index contributed by atoms with van der Waals surface area (Å²) >= 11 is 0. The largest absolute Gasteiger partial charge is 0.399 e. The third-order valence-corrected chi connectivity index (χ3v) is 3.95. The van der Waals surface area contributed by atoms with Crippen molar-refractivity contribution in [2.45, 2.75) is 25.8 Å². The molecular formula is C15H22N4O2. The van der Waals surface area contributed by atoms with E-state index < -0.39 is 0 Å². The van der Waals surface area contributed by atoms with E-state index in [1.54, 1.807) is 24.3 Å². The zero-order valence-corrected chi connectivity index (χ0v) is 12.2. The number of benzene rings is 1. The Morgan fingerprint density at radius 3 is 2.57 bits per heavy atom. The fraction of sp³-hybridized carbons (Fsp3) is 0.467. The second kappa shape index (κ2) is 6.58. The van der Waals surface area contributed by atoms with E-state index in [1.807, 2.05) is 4.90 Å². The first-order valence-electron chi connectivity index (χ1n) is 7.14. The molecule has 1 heterocycles. The number of hydrogen-bond donors (Lipinski definition) is 3. The molecule has 1 aromatic carbocycles. The number of nitrogens with one attached hydrogen (secondary N) is 1. The number of primary amides is 1. The van der Waals surface area contributed by atoms with Crippen molar-refractivity contribution >= 4 is 23.2 Å². The zero-order valence-electron chi connectivity index (χ0n) is 12.2. The summed E-state index contributed by atoms with van der Waals surface area (Å²) in [5.41, 5.74) is 12.3. The predicted octanol–water partition coefficient (Wildman–Crippen LogP) is 0.793. The molecule has 1 fully saturated rings. The van der Waals surface area contributed by atoms with Crippen molar-refractivity contribution in [2.75, 3.05) is 24.1 Å². The number of amides is 2. The number of rotatable bonds is 4. The van der Waals surface area contributed by atoms with Crippen LogP contribution in [0.1, 0.15) is 19.8 Å². The van der Waals surface area contributed by atoms with Crippen LogP contribution in [0, 0.1) is 5.92 Å². The molecular weight excluding hydrogens is 268 g/mol. The van der Waals surface area contributed by atoms with Crippen LogP contribution < -0.4 is 16.8 Å². The fourth-order valence-electron chi connectivity index (χ4n) is 2.58. The molecule has 0 radical (unpaired) electrons. The van der Waals surface area contributed by atoms with Crippen molar-refractivity contribution in [3.63, 3.8) is 0 Å². The van der Waals surface area contributed by atoms with E-state index in [0.717, 1.165) is 12.8 Å². The lowest BCUT2D eigenvalue weighted by Crippen LogP contribution is -2.48. The Balaban J connectivity index is 1.91. The molecule has 5 N–H and O–H groups in total. The van der Waals surface area contributed by atoms with E-state index in [1.165, 1.54) is 0 Å². The Kier molecular flexibility index (Phi) is 4.80. The minimum Gasteiger partial charge on any atom is -0.399 e. The molecule has 1 aliphatic heterocycles. The number of hydrogen-bond acceptors (Lipinski definition) is 4. The van der Waals surface area contributed by atoms with Crippen LogP contribution in [0.15, 0.2) is 24.3 Å². The Morgan fingerprint density at radius 1 is 1.29 bits per heavy atom. The summed E-state index contributed by atoms with van der Waals surface area (Å²) in [6.45, 7) is 2.87. The van der Waals surface area contributed by atoms with Crippen LogP contribution >= 0.6 is 0 Å². The molecule has 1 aliphatic rings. The van der Waals surface area contributed by atoms with E-state index >= 15 is 0 Å². The molecule has 2 unspecified atom stereocenters. The van der Waals surface area contributed by atoms with E-state index in [4.69, 9.17) is 11.5 Å². The van der Waals surface area contributed by atoms with Crippen LogP contribution in [-0.2, 0) is 9.59 Å². The maximum Gasteiger partial charge on any atom is 0.238 e. The van der Waals surface area contributed by atoms with Gasteiger partial charge in [-0.2, -0.15) is 0 Å². The summed E-state index contributed by atoms with van der Waals surface area (Å²) in [6.07, 6.45) is 1.68. The fourth-order valence-corrected chi connectivity index (χ4v) is 2.58. The second-order valence-electron chi connectivity index (χ2n) is 5.63. The smallest absolute Gasteiger partial charge is 0.238 e. The van der Waals surface area contributed by atoms with Crippen LogP contribution in [0.25, 0.3) is 0 Å². The first-order valence-corrected chi connectivity index (χ1v) is 7.14. The van der Waals surface area contributed by atoms with Crippen molar-refractivity contribution in [1.29, 1.82) is 0 Å². The van der Waals surface area contributed by atoms with Gasteiger partial charge in [0.25, 0.3) is 0 Å². The van der Waals surface area contributed by atoms with Crippen LogP contribution in [0.3, 0.4) is 0 Å². The van der Waals surface area contributed by atoms with Crippen molar-refractivity contribution < 1.29 is 9.59 Å². The molecule has 0 saturated carbocycles. The standard InChI is InChI=1S/C15H22N4O2/c1-10-2-3-11(15(17)21)8-19(10)9-14(20)18-13-6-4-12(16)5-7-13/h4-7,10-11H,2-3,8-9,16H2,1H3,(H2,17,21)(H,18,20). The minimum atomic E-state index is -0.286. The SMILES string of the molecule is CC1CCC(C(N)=O)CN1CC(=O)Nc1ccc(N)cc1. The Morgan fingerprint density at radius 2 is 1.95 bits per heavy atom. The normalized spacial score (nSPS) is 22.7. The van der Waals surface area contributed by atoms with Gasteiger partial charge >= 0.3 is 0 Å². The van der Waals surface area contributed by atoms with E-state index in [0.29, 0.717) is 17.9 Å². The molecule has 2 amide bonds. The number of nitrogens with zero attached hydrogens (tertiary/aromatic N) is 1. The highest BCUT2D eigenvalue weighted by molar-refractivity contribution is 5.92. The van der Waals surface area contributed by atoms with E-state index in [-0.39, 0.29) is 30.3 Å². The van der Waals surface area contributed by atoms with E-state index in [2.05, 4.69) is 12.2 Å². The van der Waals surface area contributed by atoms with Crippen molar-refractivity contribution in [3.8, 4) is 0 Å². The quantitative estimate of drug-likeness (QED) is 0.714. The highest BCUT2D eigenvalue weighted by Crippen LogP contribution is 2.21. The molecule has 21 heavy (non-hydrogen) atoms. The molecule has 0 aliphatic carbocycles. The highest BCUT2D eigenvalue weighted by Gasteiger charge is 2.29. The van der Waals surface area contributed by atoms with E-state index in [9.17, 15) is 9.59 Å². The molecule has 2 atom stereocenters. The van der Waals surface area contributed by atoms with Gasteiger partial charge in [0.2, 0.25) is 11.8 Å². The molecule has 1 saturated heterocycles. The summed E-state index contributed by atoms with van der Waals surface area (Å²) in [5, 5.41) is 2.83. The van der Waals surface area contributed by atoms with Gasteiger partial charge in [-0.3, -0.25) is 14.5 Å². The van der Waals surface area contributed by atoms with Gasteiger partial charge in [0.05, 0.1) is 12.5 Å². The first-order chi connectivity index (χ1) is 9.95. The van der Waals surface area contributed by atoms with Gasteiger partial charge in [-0.1, -0.05) is 0 Å². The monoisotopic (exact) mass is 290 g/mol. The number of nitrogens with two attached hydrogens (primary N) is 2. The van der Waals surface area contributed by atoms with Crippen molar-refractivity contribution in [1.82, 2.24) is 4.90 Å². The van der Waals surface area contributed by atoms with Crippen LogP contribution in [0.5, 0.6) is 0 Å². The number of likely N-dealkylation sites (tertiary alicyclic amines) is 1. The van der Waals surface area contributed by atoms with Gasteiger partial charge in [0.1, 0.15) is 0 Å². The number of carbonyl (C=O) groups excluding carboxylic acids is 2. The molecule has 1 aromatic rings. The number of carbonyl (C=O) groups is 2.